The van der Waals surface area contributed by atoms with E-state index in [0.29, 0.717) is 0 Å². The summed E-state index contributed by atoms with van der Waals surface area (Å²) in [7, 11) is 0. The number of aromatic nitrogens is 2. The van der Waals surface area contributed by atoms with Crippen LogP contribution in [-0.2, 0) is 5.41 Å². The van der Waals surface area contributed by atoms with Crippen molar-refractivity contribution in [3.05, 3.63) is 187 Å². The number of hydrogen-bond donors (Lipinski definition) is 0. The molecule has 4 nitrogen and oxygen atoms in total. The largest absolute Gasteiger partial charge is 0.455 e. The van der Waals surface area contributed by atoms with Crippen molar-refractivity contribution in [3.63, 3.8) is 0 Å². The van der Waals surface area contributed by atoms with Gasteiger partial charge in [0.25, 0.3) is 0 Å². The first kappa shape index (κ1) is 30.4. The Bertz CT molecular complexity index is 3350. The van der Waals surface area contributed by atoms with Crippen molar-refractivity contribution in [2.75, 3.05) is 4.90 Å². The van der Waals surface area contributed by atoms with Gasteiger partial charge in [-0.05, 0) is 96.1 Å². The predicted molar refractivity (Wildman–Crippen MR) is 229 cm³/mol. The molecule has 0 saturated carbocycles. The molecule has 3 aromatic heterocycles. The maximum atomic E-state index is 6.68. The van der Waals surface area contributed by atoms with Crippen molar-refractivity contribution in [3.8, 4) is 11.4 Å². The first-order chi connectivity index (χ1) is 27.1. The summed E-state index contributed by atoms with van der Waals surface area (Å²) < 4.78 is 11.5. The summed E-state index contributed by atoms with van der Waals surface area (Å²) in [6.07, 6.45) is 0. The second-order valence-electron chi connectivity index (χ2n) is 15.4. The molecule has 11 aromatic rings. The zero-order chi connectivity index (χ0) is 36.4. The number of furan rings is 1. The summed E-state index contributed by atoms with van der Waals surface area (Å²) >= 11 is 0. The average molecular weight is 706 g/mol. The molecular formula is C51H35N3O. The Balaban J connectivity index is 1.11. The van der Waals surface area contributed by atoms with Crippen LogP contribution in [0.5, 0.6) is 0 Å². The van der Waals surface area contributed by atoms with Crippen molar-refractivity contribution in [1.29, 1.82) is 0 Å². The molecular weight excluding hydrogens is 671 g/mol. The van der Waals surface area contributed by atoms with E-state index >= 15 is 0 Å². The van der Waals surface area contributed by atoms with E-state index in [1.54, 1.807) is 0 Å². The number of para-hydroxylation sites is 5. The molecule has 4 heterocycles. The number of rotatable bonds is 4. The fourth-order valence-corrected chi connectivity index (χ4v) is 9.54. The minimum absolute atomic E-state index is 0.310. The second kappa shape index (κ2) is 11.0. The molecule has 55 heavy (non-hydrogen) atoms. The first-order valence-electron chi connectivity index (χ1n) is 19.0. The van der Waals surface area contributed by atoms with Gasteiger partial charge in [0.1, 0.15) is 11.2 Å². The molecule has 0 saturated heterocycles. The minimum Gasteiger partial charge on any atom is -0.455 e. The number of benzene rings is 8. The molecule has 4 heteroatoms. The topological polar surface area (TPSA) is 26.2 Å². The van der Waals surface area contributed by atoms with Crippen LogP contribution in [0, 0.1) is 0 Å². The van der Waals surface area contributed by atoms with Gasteiger partial charge < -0.3 is 18.5 Å². The van der Waals surface area contributed by atoms with Crippen LogP contribution in [-0.4, -0.2) is 9.13 Å². The van der Waals surface area contributed by atoms with Gasteiger partial charge in [-0.25, -0.2) is 0 Å². The summed E-state index contributed by atoms with van der Waals surface area (Å²) in [4.78, 5) is 2.41. The quantitative estimate of drug-likeness (QED) is 0.182. The minimum atomic E-state index is -0.310. The van der Waals surface area contributed by atoms with E-state index in [-0.39, 0.29) is 5.41 Å². The highest BCUT2D eigenvalue weighted by Gasteiger charge is 2.37. The van der Waals surface area contributed by atoms with Crippen molar-refractivity contribution < 1.29 is 4.42 Å². The van der Waals surface area contributed by atoms with E-state index in [0.717, 1.165) is 39.3 Å². The Morgan fingerprint density at radius 3 is 1.87 bits per heavy atom. The third-order valence-corrected chi connectivity index (χ3v) is 12.0. The Morgan fingerprint density at radius 1 is 0.455 bits per heavy atom. The van der Waals surface area contributed by atoms with Crippen molar-refractivity contribution in [2.45, 2.75) is 19.3 Å². The third-order valence-electron chi connectivity index (χ3n) is 12.0. The van der Waals surface area contributed by atoms with Gasteiger partial charge in [0.2, 0.25) is 0 Å². The molecule has 8 aromatic carbocycles. The lowest BCUT2D eigenvalue weighted by Crippen LogP contribution is -2.27. The van der Waals surface area contributed by atoms with E-state index in [4.69, 9.17) is 4.42 Å². The molecule has 0 atom stereocenters. The summed E-state index contributed by atoms with van der Waals surface area (Å²) in [5, 5.41) is 7.19. The maximum Gasteiger partial charge on any atom is 0.145 e. The van der Waals surface area contributed by atoms with Gasteiger partial charge in [0, 0.05) is 55.1 Å². The van der Waals surface area contributed by atoms with Gasteiger partial charge >= 0.3 is 0 Å². The Labute approximate surface area is 317 Å². The molecule has 1 aliphatic heterocycles. The van der Waals surface area contributed by atoms with Crippen LogP contribution in [0.3, 0.4) is 0 Å². The van der Waals surface area contributed by atoms with Gasteiger partial charge in [-0.1, -0.05) is 105 Å². The van der Waals surface area contributed by atoms with Gasteiger partial charge in [-0.2, -0.15) is 0 Å². The Hall–Kier alpha value is -7.04. The Morgan fingerprint density at radius 2 is 1.07 bits per heavy atom. The lowest BCUT2D eigenvalue weighted by atomic mass is 9.74. The predicted octanol–water partition coefficient (Wildman–Crippen LogP) is 13.9. The smallest absolute Gasteiger partial charge is 0.145 e. The highest BCUT2D eigenvalue weighted by molar-refractivity contribution is 6.25. The Kier molecular flexibility index (Phi) is 6.09. The number of hydrogen-bond acceptors (Lipinski definition) is 2. The molecule has 0 spiro atoms. The van der Waals surface area contributed by atoms with Crippen LogP contribution in [0.15, 0.2) is 180 Å². The van der Waals surface area contributed by atoms with Crippen molar-refractivity contribution in [1.82, 2.24) is 9.13 Å². The van der Waals surface area contributed by atoms with E-state index in [2.05, 4.69) is 204 Å². The average Bonchev–Trinajstić information content (AvgIpc) is 3.89. The molecule has 0 fully saturated rings. The third kappa shape index (κ3) is 4.11. The number of anilines is 3. The van der Waals surface area contributed by atoms with Gasteiger partial charge in [-0.15, -0.1) is 0 Å². The highest BCUT2D eigenvalue weighted by Crippen LogP contribution is 2.52. The maximum absolute atomic E-state index is 6.68. The fourth-order valence-electron chi connectivity index (χ4n) is 9.54. The van der Waals surface area contributed by atoms with Crippen LogP contribution >= 0.6 is 0 Å². The molecule has 12 rings (SSSR count). The number of fused-ring (bicyclic) bond motifs is 12. The zero-order valence-corrected chi connectivity index (χ0v) is 30.5. The van der Waals surface area contributed by atoms with Gasteiger partial charge in [-0.3, -0.25) is 0 Å². The van der Waals surface area contributed by atoms with Gasteiger partial charge in [0.15, 0.2) is 0 Å². The molecule has 1 aliphatic rings. The SMILES string of the molecule is CC1(C)c2cc(N(c3ccccc3)c3ccc4c(c3)c3ccccc3n4-c3ccccc3)ccc2-n2c3ccccc3c3c4oc5ccccc5c4cc1c32. The van der Waals surface area contributed by atoms with Crippen LogP contribution in [0.4, 0.5) is 17.1 Å². The van der Waals surface area contributed by atoms with E-state index in [1.165, 1.54) is 65.8 Å². The lowest BCUT2D eigenvalue weighted by molar-refractivity contribution is 0.630. The molecule has 260 valence electrons. The lowest BCUT2D eigenvalue weighted by Gasteiger charge is -2.36. The van der Waals surface area contributed by atoms with E-state index in [1.807, 2.05) is 0 Å². The number of nitrogens with zero attached hydrogens (tertiary/aromatic N) is 3. The zero-order valence-electron chi connectivity index (χ0n) is 30.5. The highest BCUT2D eigenvalue weighted by atomic mass is 16.3. The monoisotopic (exact) mass is 705 g/mol. The van der Waals surface area contributed by atoms with Crippen molar-refractivity contribution >= 4 is 82.6 Å². The normalized spacial score (nSPS) is 13.4. The van der Waals surface area contributed by atoms with Crippen LogP contribution in [0.1, 0.15) is 25.0 Å². The van der Waals surface area contributed by atoms with Crippen LogP contribution in [0.25, 0.3) is 76.9 Å². The van der Waals surface area contributed by atoms with E-state index in [9.17, 15) is 0 Å². The summed E-state index contributed by atoms with van der Waals surface area (Å²) in [6.45, 7) is 4.77. The van der Waals surface area contributed by atoms with Gasteiger partial charge in [0.05, 0.1) is 33.1 Å². The van der Waals surface area contributed by atoms with E-state index < -0.39 is 0 Å². The summed E-state index contributed by atoms with van der Waals surface area (Å²) in [5.41, 5.74) is 14.7. The molecule has 0 aliphatic carbocycles. The summed E-state index contributed by atoms with van der Waals surface area (Å²) in [6, 6.07) is 63.8. The van der Waals surface area contributed by atoms with Crippen LogP contribution in [0.2, 0.25) is 0 Å². The molecule has 0 amide bonds. The molecule has 0 bridgehead atoms. The first-order valence-corrected chi connectivity index (χ1v) is 19.0. The molecule has 0 unspecified atom stereocenters. The fraction of sp³-hybridized carbons (Fsp3) is 0.0588. The summed E-state index contributed by atoms with van der Waals surface area (Å²) in [5.74, 6) is 0. The molecule has 0 N–H and O–H groups in total. The molecule has 0 radical (unpaired) electrons. The van der Waals surface area contributed by atoms with Crippen LogP contribution < -0.4 is 4.90 Å². The second-order valence-corrected chi connectivity index (χ2v) is 15.4. The standard InChI is InChI=1S/C51H35N3O/c1-51(2)41-30-35(26-28-46(41)54-44-23-13-10-21-38(44)48-49(54)42(51)31-40-37-20-11-14-24-47(37)55-50(40)48)52(32-15-5-3-6-16-32)34-25-27-45-39(29-34)36-19-9-12-22-43(36)53(45)33-17-7-4-8-18-33/h3-31H,1-2H3. The van der Waals surface area contributed by atoms with Crippen molar-refractivity contribution in [2.24, 2.45) is 0 Å².